The quantitative estimate of drug-likeness (QED) is 0.781. The summed E-state index contributed by atoms with van der Waals surface area (Å²) in [5, 5.41) is 10.5. The minimum Gasteiger partial charge on any atom is -0.463 e. The predicted octanol–water partition coefficient (Wildman–Crippen LogP) is 2.61. The van der Waals surface area contributed by atoms with Crippen molar-refractivity contribution in [3.63, 3.8) is 0 Å². The average Bonchev–Trinajstić information content (AvgIpc) is 2.44. The standard InChI is InChI=1S/C14H11NO3/c16-13-11-8-4-5-9-12(11)18-14(15(13)17)10-6-2-1-3-7-10/h1-9,14,17H. The predicted molar refractivity (Wildman–Crippen MR) is 64.2 cm³/mol. The van der Waals surface area contributed by atoms with Crippen LogP contribution < -0.4 is 4.74 Å². The molecule has 1 aliphatic rings. The second kappa shape index (κ2) is 4.16. The number of hydroxylamine groups is 2. The third-order valence-corrected chi connectivity index (χ3v) is 2.87. The van der Waals surface area contributed by atoms with Gasteiger partial charge in [-0.05, 0) is 12.1 Å². The van der Waals surface area contributed by atoms with Crippen molar-refractivity contribution in [3.8, 4) is 5.75 Å². The number of ether oxygens (including phenoxy) is 1. The largest absolute Gasteiger partial charge is 0.463 e. The van der Waals surface area contributed by atoms with Gasteiger partial charge in [-0.15, -0.1) is 0 Å². The number of hydrogen-bond acceptors (Lipinski definition) is 3. The molecule has 0 aliphatic carbocycles. The smallest absolute Gasteiger partial charge is 0.284 e. The molecule has 1 aliphatic heterocycles. The second-order valence-corrected chi connectivity index (χ2v) is 4.03. The molecule has 3 rings (SSSR count). The summed E-state index contributed by atoms with van der Waals surface area (Å²) in [5.41, 5.74) is 1.09. The molecule has 0 bridgehead atoms. The Labute approximate surface area is 104 Å². The Hall–Kier alpha value is -2.33. The fourth-order valence-electron chi connectivity index (χ4n) is 1.97. The van der Waals surface area contributed by atoms with Gasteiger partial charge in [0.15, 0.2) is 0 Å². The summed E-state index contributed by atoms with van der Waals surface area (Å²) in [6.45, 7) is 0. The first kappa shape index (κ1) is 10.8. The molecule has 1 amide bonds. The molecule has 18 heavy (non-hydrogen) atoms. The van der Waals surface area contributed by atoms with Crippen LogP contribution in [0.4, 0.5) is 0 Å². The molecule has 0 fully saturated rings. The van der Waals surface area contributed by atoms with Gasteiger partial charge in [-0.1, -0.05) is 42.5 Å². The van der Waals surface area contributed by atoms with Crippen LogP contribution in [-0.4, -0.2) is 16.2 Å². The van der Waals surface area contributed by atoms with Crippen LogP contribution in [0.5, 0.6) is 5.75 Å². The lowest BCUT2D eigenvalue weighted by Gasteiger charge is -2.32. The zero-order valence-electron chi connectivity index (χ0n) is 9.48. The van der Waals surface area contributed by atoms with Gasteiger partial charge in [0.05, 0.1) is 5.56 Å². The normalized spacial score (nSPS) is 18.2. The molecule has 1 unspecified atom stereocenters. The third-order valence-electron chi connectivity index (χ3n) is 2.87. The summed E-state index contributed by atoms with van der Waals surface area (Å²) >= 11 is 0. The molecule has 0 aromatic heterocycles. The highest BCUT2D eigenvalue weighted by Crippen LogP contribution is 2.33. The lowest BCUT2D eigenvalue weighted by atomic mass is 10.1. The molecule has 2 aromatic rings. The van der Waals surface area contributed by atoms with E-state index >= 15 is 0 Å². The first-order valence-corrected chi connectivity index (χ1v) is 5.60. The van der Waals surface area contributed by atoms with Gasteiger partial charge in [-0.3, -0.25) is 10.0 Å². The van der Waals surface area contributed by atoms with Crippen molar-refractivity contribution >= 4 is 5.91 Å². The van der Waals surface area contributed by atoms with Crippen molar-refractivity contribution in [2.75, 3.05) is 0 Å². The first-order valence-electron chi connectivity index (χ1n) is 5.60. The number of amides is 1. The molecule has 0 spiro atoms. The maximum Gasteiger partial charge on any atom is 0.284 e. The van der Waals surface area contributed by atoms with Crippen molar-refractivity contribution in [2.45, 2.75) is 6.23 Å². The summed E-state index contributed by atoms with van der Waals surface area (Å²) in [7, 11) is 0. The fourth-order valence-corrected chi connectivity index (χ4v) is 1.97. The van der Waals surface area contributed by atoms with Crippen LogP contribution in [0, 0.1) is 0 Å². The van der Waals surface area contributed by atoms with Gasteiger partial charge in [0.1, 0.15) is 5.75 Å². The third kappa shape index (κ3) is 1.63. The molecule has 1 heterocycles. The van der Waals surface area contributed by atoms with E-state index in [0.29, 0.717) is 16.4 Å². The van der Waals surface area contributed by atoms with Crippen LogP contribution in [0.2, 0.25) is 0 Å². The van der Waals surface area contributed by atoms with E-state index < -0.39 is 12.1 Å². The minimum atomic E-state index is -0.798. The maximum absolute atomic E-state index is 12.0. The van der Waals surface area contributed by atoms with Crippen LogP contribution in [0.25, 0.3) is 0 Å². The molecule has 1 N–H and O–H groups in total. The topological polar surface area (TPSA) is 49.8 Å². The lowest BCUT2D eigenvalue weighted by Crippen LogP contribution is -2.39. The highest BCUT2D eigenvalue weighted by molar-refractivity contribution is 5.97. The van der Waals surface area contributed by atoms with Crippen molar-refractivity contribution in [3.05, 3.63) is 65.7 Å². The van der Waals surface area contributed by atoms with Gasteiger partial charge < -0.3 is 4.74 Å². The monoisotopic (exact) mass is 241 g/mol. The Balaban J connectivity index is 2.04. The van der Waals surface area contributed by atoms with Gasteiger partial charge in [0.2, 0.25) is 6.23 Å². The molecule has 1 atom stereocenters. The molecule has 4 heteroatoms. The van der Waals surface area contributed by atoms with E-state index in [4.69, 9.17) is 4.74 Å². The van der Waals surface area contributed by atoms with E-state index in [0.717, 1.165) is 5.56 Å². The minimum absolute atomic E-state index is 0.368. The van der Waals surface area contributed by atoms with Gasteiger partial charge in [-0.25, -0.2) is 0 Å². The van der Waals surface area contributed by atoms with Gasteiger partial charge >= 0.3 is 0 Å². The summed E-state index contributed by atoms with van der Waals surface area (Å²) < 4.78 is 5.66. The van der Waals surface area contributed by atoms with Crippen LogP contribution in [-0.2, 0) is 0 Å². The number of hydrogen-bond donors (Lipinski definition) is 1. The summed E-state index contributed by atoms with van der Waals surface area (Å²) in [6, 6.07) is 16.0. The fraction of sp³-hybridized carbons (Fsp3) is 0.0714. The molecule has 0 saturated carbocycles. The lowest BCUT2D eigenvalue weighted by molar-refractivity contribution is -0.157. The van der Waals surface area contributed by atoms with Crippen molar-refractivity contribution < 1.29 is 14.7 Å². The van der Waals surface area contributed by atoms with Crippen LogP contribution in [0.3, 0.4) is 0 Å². The molecular weight excluding hydrogens is 230 g/mol. The Morgan fingerprint density at radius 1 is 1.00 bits per heavy atom. The van der Waals surface area contributed by atoms with Crippen molar-refractivity contribution in [1.29, 1.82) is 0 Å². The Morgan fingerprint density at radius 2 is 1.67 bits per heavy atom. The van der Waals surface area contributed by atoms with E-state index in [2.05, 4.69) is 0 Å². The van der Waals surface area contributed by atoms with Crippen molar-refractivity contribution in [2.24, 2.45) is 0 Å². The second-order valence-electron chi connectivity index (χ2n) is 4.03. The van der Waals surface area contributed by atoms with Gasteiger partial charge in [-0.2, -0.15) is 5.06 Å². The van der Waals surface area contributed by atoms with E-state index in [9.17, 15) is 10.0 Å². The molecule has 90 valence electrons. The maximum atomic E-state index is 12.0. The molecule has 0 radical (unpaired) electrons. The van der Waals surface area contributed by atoms with Crippen LogP contribution >= 0.6 is 0 Å². The molecule has 4 nitrogen and oxygen atoms in total. The van der Waals surface area contributed by atoms with Crippen LogP contribution in [0.1, 0.15) is 22.1 Å². The van der Waals surface area contributed by atoms with Gasteiger partial charge in [0.25, 0.3) is 5.91 Å². The number of nitrogens with zero attached hydrogens (tertiary/aromatic N) is 1. The van der Waals surface area contributed by atoms with E-state index in [1.807, 2.05) is 18.2 Å². The SMILES string of the molecule is O=C1c2ccccc2OC(c2ccccc2)N1O. The van der Waals surface area contributed by atoms with Crippen LogP contribution in [0.15, 0.2) is 54.6 Å². The number of carbonyl (C=O) groups is 1. The Morgan fingerprint density at radius 3 is 2.44 bits per heavy atom. The average molecular weight is 241 g/mol. The van der Waals surface area contributed by atoms with E-state index in [1.165, 1.54) is 0 Å². The number of rotatable bonds is 1. The molecule has 2 aromatic carbocycles. The highest BCUT2D eigenvalue weighted by atomic mass is 16.6. The number of benzene rings is 2. The zero-order chi connectivity index (χ0) is 12.5. The number of fused-ring (bicyclic) bond motifs is 1. The first-order chi connectivity index (χ1) is 8.77. The molecular formula is C14H11NO3. The van der Waals surface area contributed by atoms with E-state index in [1.54, 1.807) is 36.4 Å². The summed E-state index contributed by atoms with van der Waals surface area (Å²) in [6.07, 6.45) is -0.798. The van der Waals surface area contributed by atoms with Crippen molar-refractivity contribution in [1.82, 2.24) is 5.06 Å². The highest BCUT2D eigenvalue weighted by Gasteiger charge is 2.33. The van der Waals surface area contributed by atoms with E-state index in [-0.39, 0.29) is 0 Å². The number of carbonyl (C=O) groups excluding carboxylic acids is 1. The summed E-state index contributed by atoms with van der Waals surface area (Å²) in [4.78, 5) is 12.0. The molecule has 0 saturated heterocycles. The summed E-state index contributed by atoms with van der Waals surface area (Å²) in [5.74, 6) is 0.0346. The Kier molecular flexibility index (Phi) is 2.50. The zero-order valence-corrected chi connectivity index (χ0v) is 9.48. The number of para-hydroxylation sites is 1. The van der Waals surface area contributed by atoms with Gasteiger partial charge in [0, 0.05) is 5.56 Å². The Bertz CT molecular complexity index is 583.